The molecule has 0 aliphatic heterocycles. The van der Waals surface area contributed by atoms with Gasteiger partial charge in [0.15, 0.2) is 0 Å². The lowest BCUT2D eigenvalue weighted by Crippen LogP contribution is -2.04. The Hall–Kier alpha value is -1.57. The van der Waals surface area contributed by atoms with Crippen LogP contribution >= 0.6 is 0 Å². The molecule has 0 unspecified atom stereocenters. The van der Waals surface area contributed by atoms with Crippen LogP contribution in [0.1, 0.15) is 18.1 Å². The van der Waals surface area contributed by atoms with Gasteiger partial charge in [-0.2, -0.15) is 0 Å². The first-order chi connectivity index (χ1) is 6.70. The van der Waals surface area contributed by atoms with Crippen LogP contribution in [0.2, 0.25) is 0 Å². The van der Waals surface area contributed by atoms with Crippen LogP contribution < -0.4 is 0 Å². The van der Waals surface area contributed by atoms with Gasteiger partial charge in [-0.05, 0) is 17.5 Å². The number of ether oxygens (including phenoxy) is 1. The van der Waals surface area contributed by atoms with Gasteiger partial charge >= 0.3 is 5.97 Å². The van der Waals surface area contributed by atoms with Crippen molar-refractivity contribution in [2.75, 3.05) is 7.11 Å². The maximum atomic E-state index is 11.3. The largest absolute Gasteiger partial charge is 0.465 e. The predicted octanol–water partition coefficient (Wildman–Crippen LogP) is 2.44. The Labute approximate surface area is 84.2 Å². The van der Waals surface area contributed by atoms with E-state index >= 15 is 0 Å². The van der Waals surface area contributed by atoms with Crippen LogP contribution in [0, 0.1) is 0 Å². The van der Waals surface area contributed by atoms with Crippen molar-refractivity contribution in [2.24, 2.45) is 0 Å². The summed E-state index contributed by atoms with van der Waals surface area (Å²) in [4.78, 5) is 11.3. The quantitative estimate of drug-likeness (QED) is 0.540. The van der Waals surface area contributed by atoms with Crippen molar-refractivity contribution in [3.05, 3.63) is 42.0 Å². The molecule has 0 N–H and O–H groups in total. The lowest BCUT2D eigenvalue weighted by Gasteiger charge is -2.08. The summed E-state index contributed by atoms with van der Waals surface area (Å²) in [6.45, 7) is 5.77. The fourth-order valence-corrected chi connectivity index (χ4v) is 1.36. The Bertz CT molecular complexity index is 353. The summed E-state index contributed by atoms with van der Waals surface area (Å²) in [5, 5.41) is 0. The van der Waals surface area contributed by atoms with E-state index in [2.05, 4.69) is 11.3 Å². The molecule has 0 saturated heterocycles. The third kappa shape index (κ3) is 2.02. The van der Waals surface area contributed by atoms with Gasteiger partial charge in [0.05, 0.1) is 12.7 Å². The smallest absolute Gasteiger partial charge is 0.337 e. The summed E-state index contributed by atoms with van der Waals surface area (Å²) in [5.74, 6) is -0.370. The average molecular weight is 190 g/mol. The molecule has 74 valence electrons. The van der Waals surface area contributed by atoms with Crippen LogP contribution in [-0.4, -0.2) is 13.1 Å². The van der Waals surface area contributed by atoms with Crippen LogP contribution in [0.25, 0.3) is 5.57 Å². The van der Waals surface area contributed by atoms with Gasteiger partial charge in [0.2, 0.25) is 0 Å². The van der Waals surface area contributed by atoms with E-state index in [0.29, 0.717) is 5.57 Å². The molecule has 0 aromatic heterocycles. The van der Waals surface area contributed by atoms with Crippen LogP contribution in [0.4, 0.5) is 0 Å². The molecule has 0 atom stereocenters. The minimum atomic E-state index is -0.370. The van der Waals surface area contributed by atoms with E-state index in [4.69, 9.17) is 0 Å². The number of aryl methyl sites for hydroxylation is 1. The van der Waals surface area contributed by atoms with Crippen molar-refractivity contribution < 1.29 is 9.53 Å². The Morgan fingerprint density at radius 3 is 2.64 bits per heavy atom. The van der Waals surface area contributed by atoms with Crippen molar-refractivity contribution in [1.82, 2.24) is 0 Å². The molecule has 0 radical (unpaired) electrons. The number of hydrogen-bond acceptors (Lipinski definition) is 2. The molecule has 0 aliphatic carbocycles. The molecule has 14 heavy (non-hydrogen) atoms. The molecule has 0 heterocycles. The molecule has 0 saturated carbocycles. The zero-order chi connectivity index (χ0) is 10.6. The Morgan fingerprint density at radius 1 is 1.43 bits per heavy atom. The first-order valence-corrected chi connectivity index (χ1v) is 4.56. The predicted molar refractivity (Wildman–Crippen MR) is 56.9 cm³/mol. The van der Waals surface area contributed by atoms with Crippen molar-refractivity contribution in [3.8, 4) is 0 Å². The summed E-state index contributed by atoms with van der Waals surface area (Å²) >= 11 is 0. The van der Waals surface area contributed by atoms with E-state index in [1.54, 1.807) is 0 Å². The summed E-state index contributed by atoms with van der Waals surface area (Å²) in [7, 11) is 1.36. The van der Waals surface area contributed by atoms with Crippen LogP contribution in [0.3, 0.4) is 0 Å². The Morgan fingerprint density at radius 2 is 2.07 bits per heavy atom. The normalized spacial score (nSPS) is 9.57. The third-order valence-corrected chi connectivity index (χ3v) is 2.16. The molecule has 0 amide bonds. The van der Waals surface area contributed by atoms with Gasteiger partial charge in [0, 0.05) is 0 Å². The minimum Gasteiger partial charge on any atom is -0.465 e. The van der Waals surface area contributed by atoms with Gasteiger partial charge in [-0.3, -0.25) is 0 Å². The molecule has 0 fully saturated rings. The lowest BCUT2D eigenvalue weighted by molar-refractivity contribution is -0.133. The van der Waals surface area contributed by atoms with Gasteiger partial charge in [0.1, 0.15) is 0 Å². The van der Waals surface area contributed by atoms with Crippen LogP contribution in [-0.2, 0) is 16.0 Å². The number of methoxy groups -OCH3 is 1. The zero-order valence-electron chi connectivity index (χ0n) is 8.54. The van der Waals surface area contributed by atoms with E-state index in [9.17, 15) is 4.79 Å². The number of benzene rings is 1. The first kappa shape index (κ1) is 10.5. The number of carbonyl (C=O) groups is 1. The number of rotatable bonds is 3. The van der Waals surface area contributed by atoms with Crippen LogP contribution in [0.5, 0.6) is 0 Å². The van der Waals surface area contributed by atoms with Gasteiger partial charge in [-0.25, -0.2) is 4.79 Å². The highest BCUT2D eigenvalue weighted by Crippen LogP contribution is 2.19. The second kappa shape index (κ2) is 4.61. The molecule has 0 aliphatic rings. The second-order valence-corrected chi connectivity index (χ2v) is 2.98. The van der Waals surface area contributed by atoms with E-state index < -0.39 is 0 Å². The van der Waals surface area contributed by atoms with E-state index in [0.717, 1.165) is 17.5 Å². The molecular weight excluding hydrogens is 176 g/mol. The van der Waals surface area contributed by atoms with Crippen molar-refractivity contribution in [3.63, 3.8) is 0 Å². The highest BCUT2D eigenvalue weighted by molar-refractivity contribution is 6.15. The summed E-state index contributed by atoms with van der Waals surface area (Å²) in [5.41, 5.74) is 2.41. The zero-order valence-corrected chi connectivity index (χ0v) is 8.54. The van der Waals surface area contributed by atoms with Crippen molar-refractivity contribution in [2.45, 2.75) is 13.3 Å². The topological polar surface area (TPSA) is 26.3 Å². The minimum absolute atomic E-state index is 0.370. The SMILES string of the molecule is C=C(C(=O)OC)c1ccccc1CC. The first-order valence-electron chi connectivity index (χ1n) is 4.56. The third-order valence-electron chi connectivity index (χ3n) is 2.16. The summed E-state index contributed by atoms with van der Waals surface area (Å²) < 4.78 is 4.63. The Kier molecular flexibility index (Phi) is 3.46. The molecule has 0 spiro atoms. The van der Waals surface area contributed by atoms with E-state index in [1.807, 2.05) is 31.2 Å². The molecule has 2 heteroatoms. The monoisotopic (exact) mass is 190 g/mol. The van der Waals surface area contributed by atoms with Crippen molar-refractivity contribution in [1.29, 1.82) is 0 Å². The highest BCUT2D eigenvalue weighted by atomic mass is 16.5. The van der Waals surface area contributed by atoms with E-state index in [-0.39, 0.29) is 5.97 Å². The van der Waals surface area contributed by atoms with Crippen molar-refractivity contribution >= 4 is 11.5 Å². The van der Waals surface area contributed by atoms with Gasteiger partial charge in [-0.1, -0.05) is 37.8 Å². The molecular formula is C12H14O2. The molecule has 0 bridgehead atoms. The highest BCUT2D eigenvalue weighted by Gasteiger charge is 2.11. The number of hydrogen-bond donors (Lipinski definition) is 0. The lowest BCUT2D eigenvalue weighted by atomic mass is 9.99. The fraction of sp³-hybridized carbons (Fsp3) is 0.250. The molecule has 2 nitrogen and oxygen atoms in total. The average Bonchev–Trinajstić information content (AvgIpc) is 2.26. The molecule has 1 rings (SSSR count). The van der Waals surface area contributed by atoms with Crippen LogP contribution in [0.15, 0.2) is 30.8 Å². The van der Waals surface area contributed by atoms with Gasteiger partial charge in [0.25, 0.3) is 0 Å². The summed E-state index contributed by atoms with van der Waals surface area (Å²) in [6, 6.07) is 7.72. The van der Waals surface area contributed by atoms with E-state index in [1.165, 1.54) is 7.11 Å². The molecule has 1 aromatic rings. The van der Waals surface area contributed by atoms with Gasteiger partial charge in [-0.15, -0.1) is 0 Å². The van der Waals surface area contributed by atoms with Gasteiger partial charge < -0.3 is 4.74 Å². The Balaban J connectivity index is 3.06. The maximum Gasteiger partial charge on any atom is 0.337 e. The summed E-state index contributed by atoms with van der Waals surface area (Å²) in [6.07, 6.45) is 0.881. The maximum absolute atomic E-state index is 11.3. The number of carbonyl (C=O) groups excluding carboxylic acids is 1. The fourth-order valence-electron chi connectivity index (χ4n) is 1.36. The number of esters is 1. The standard InChI is InChI=1S/C12H14O2/c1-4-10-7-5-6-8-11(10)9(2)12(13)14-3/h5-8H,2,4H2,1,3H3. The molecule has 1 aromatic carbocycles. The second-order valence-electron chi connectivity index (χ2n) is 2.98.